The molecule has 0 heterocycles. The maximum Gasteiger partial charge on any atom is 0.241 e. The first-order chi connectivity index (χ1) is 9.54. The normalized spacial score (nSPS) is 15.0. The van der Waals surface area contributed by atoms with E-state index in [-0.39, 0.29) is 18.4 Å². The number of hydrogen-bond donors (Lipinski definition) is 3. The highest BCUT2D eigenvalue weighted by molar-refractivity contribution is 5.93. The van der Waals surface area contributed by atoms with Crippen molar-refractivity contribution in [3.8, 4) is 0 Å². The number of guanidine groups is 1. The zero-order valence-corrected chi connectivity index (χ0v) is 12.1. The first-order valence-corrected chi connectivity index (χ1v) is 6.95. The fourth-order valence-corrected chi connectivity index (χ4v) is 1.80. The fourth-order valence-electron chi connectivity index (χ4n) is 1.80. The fraction of sp³-hybridized carbons (Fsp3) is 0.467. The lowest BCUT2D eigenvalue weighted by molar-refractivity contribution is -0.119. The van der Waals surface area contributed by atoms with Crippen LogP contribution in [0, 0.1) is 19.8 Å². The van der Waals surface area contributed by atoms with Gasteiger partial charge in [-0.15, -0.1) is 0 Å². The van der Waals surface area contributed by atoms with Gasteiger partial charge in [-0.2, -0.15) is 0 Å². The summed E-state index contributed by atoms with van der Waals surface area (Å²) in [5.74, 6) is 0.852. The Kier molecular flexibility index (Phi) is 4.61. The summed E-state index contributed by atoms with van der Waals surface area (Å²) in [6.45, 7) is 4.93. The molecule has 108 valence electrons. The number of hydrogen-bond acceptors (Lipinski definition) is 2. The van der Waals surface area contributed by atoms with Gasteiger partial charge in [0.1, 0.15) is 6.54 Å². The Labute approximate surface area is 119 Å². The zero-order valence-electron chi connectivity index (χ0n) is 12.1. The number of aryl methyl sites for hydroxylation is 2. The molecular formula is C15H22N4O. The molecule has 0 saturated heterocycles. The second kappa shape index (κ2) is 6.41. The van der Waals surface area contributed by atoms with Gasteiger partial charge in [-0.1, -0.05) is 6.07 Å². The largest absolute Gasteiger partial charge is 0.370 e. The lowest BCUT2D eigenvalue weighted by Gasteiger charge is -2.08. The second-order valence-electron chi connectivity index (χ2n) is 5.37. The molecule has 1 saturated carbocycles. The van der Waals surface area contributed by atoms with Crippen molar-refractivity contribution < 1.29 is 4.79 Å². The number of nitrogens with one attached hydrogen (secondary N) is 2. The average Bonchev–Trinajstić information content (AvgIpc) is 3.22. The van der Waals surface area contributed by atoms with Gasteiger partial charge in [-0.25, -0.2) is 4.99 Å². The molecule has 1 fully saturated rings. The van der Waals surface area contributed by atoms with Crippen molar-refractivity contribution in [3.05, 3.63) is 29.3 Å². The van der Waals surface area contributed by atoms with Crippen LogP contribution in [-0.4, -0.2) is 25.0 Å². The Morgan fingerprint density at radius 1 is 1.35 bits per heavy atom. The van der Waals surface area contributed by atoms with Crippen LogP contribution in [0.5, 0.6) is 0 Å². The smallest absolute Gasteiger partial charge is 0.241 e. The zero-order chi connectivity index (χ0) is 14.5. The van der Waals surface area contributed by atoms with Gasteiger partial charge in [0.2, 0.25) is 5.91 Å². The molecule has 4 N–H and O–H groups in total. The molecule has 20 heavy (non-hydrogen) atoms. The summed E-state index contributed by atoms with van der Waals surface area (Å²) < 4.78 is 0. The quantitative estimate of drug-likeness (QED) is 0.563. The summed E-state index contributed by atoms with van der Waals surface area (Å²) in [4.78, 5) is 15.6. The minimum absolute atomic E-state index is 0.0659. The van der Waals surface area contributed by atoms with Crippen molar-refractivity contribution in [2.24, 2.45) is 16.6 Å². The molecule has 1 aliphatic carbocycles. The summed E-state index contributed by atoms with van der Waals surface area (Å²) >= 11 is 0. The molecule has 0 bridgehead atoms. The first kappa shape index (κ1) is 14.4. The first-order valence-electron chi connectivity index (χ1n) is 6.95. The van der Waals surface area contributed by atoms with Crippen molar-refractivity contribution in [1.29, 1.82) is 0 Å². The lowest BCUT2D eigenvalue weighted by atomic mass is 10.1. The Hall–Kier alpha value is -2.04. The molecular weight excluding hydrogens is 252 g/mol. The molecule has 1 aromatic rings. The maximum atomic E-state index is 11.5. The van der Waals surface area contributed by atoms with E-state index in [1.165, 1.54) is 24.0 Å². The molecule has 1 aromatic carbocycles. The van der Waals surface area contributed by atoms with E-state index in [1.807, 2.05) is 25.1 Å². The van der Waals surface area contributed by atoms with Crippen LogP contribution < -0.4 is 16.4 Å². The third-order valence-electron chi connectivity index (χ3n) is 3.46. The van der Waals surface area contributed by atoms with Gasteiger partial charge in [0.05, 0.1) is 0 Å². The van der Waals surface area contributed by atoms with E-state index in [4.69, 9.17) is 5.73 Å². The number of carbonyl (C=O) groups is 1. The Morgan fingerprint density at radius 3 is 2.75 bits per heavy atom. The van der Waals surface area contributed by atoms with Gasteiger partial charge in [-0.3, -0.25) is 4.79 Å². The monoisotopic (exact) mass is 274 g/mol. The summed E-state index contributed by atoms with van der Waals surface area (Å²) in [6.07, 6.45) is 2.44. The minimum Gasteiger partial charge on any atom is -0.370 e. The summed E-state index contributed by atoms with van der Waals surface area (Å²) in [6, 6.07) is 5.97. The van der Waals surface area contributed by atoms with Crippen LogP contribution in [0.1, 0.15) is 24.0 Å². The molecule has 1 aliphatic rings. The van der Waals surface area contributed by atoms with E-state index in [1.54, 1.807) is 0 Å². The van der Waals surface area contributed by atoms with E-state index in [0.29, 0.717) is 5.92 Å². The van der Waals surface area contributed by atoms with Gasteiger partial charge in [0.15, 0.2) is 5.96 Å². The number of aliphatic imine (C=N–C) groups is 1. The Morgan fingerprint density at radius 2 is 2.10 bits per heavy atom. The Balaban J connectivity index is 1.80. The van der Waals surface area contributed by atoms with Crippen molar-refractivity contribution in [3.63, 3.8) is 0 Å². The van der Waals surface area contributed by atoms with Crippen LogP contribution in [0.4, 0.5) is 5.69 Å². The number of nitrogens with zero attached hydrogens (tertiary/aromatic N) is 1. The topological polar surface area (TPSA) is 79.5 Å². The molecule has 0 atom stereocenters. The lowest BCUT2D eigenvalue weighted by Crippen LogP contribution is -2.30. The number of carbonyl (C=O) groups excluding carboxylic acids is 1. The molecule has 5 heteroatoms. The molecule has 0 aliphatic heterocycles. The highest BCUT2D eigenvalue weighted by Gasteiger charge is 2.21. The minimum atomic E-state index is -0.0817. The molecule has 2 rings (SSSR count). The standard InChI is InChI=1S/C15H22N4O/c1-10-3-6-13(7-11(10)2)19-15(16)18-9-14(20)17-8-12-4-5-12/h3,6-7,12H,4-5,8-9H2,1-2H3,(H,17,20)(H3,16,18,19). The summed E-state index contributed by atoms with van der Waals surface area (Å²) in [7, 11) is 0. The molecule has 1 amide bonds. The third kappa shape index (κ3) is 4.57. The molecule has 5 nitrogen and oxygen atoms in total. The van der Waals surface area contributed by atoms with E-state index >= 15 is 0 Å². The van der Waals surface area contributed by atoms with Gasteiger partial charge in [0.25, 0.3) is 0 Å². The van der Waals surface area contributed by atoms with Crippen molar-refractivity contribution >= 4 is 17.6 Å². The van der Waals surface area contributed by atoms with E-state index in [0.717, 1.165) is 12.2 Å². The Bertz CT molecular complexity index is 521. The van der Waals surface area contributed by atoms with Crippen LogP contribution in [0.25, 0.3) is 0 Å². The van der Waals surface area contributed by atoms with Crippen molar-refractivity contribution in [2.45, 2.75) is 26.7 Å². The van der Waals surface area contributed by atoms with Crippen LogP contribution in [-0.2, 0) is 4.79 Å². The van der Waals surface area contributed by atoms with Crippen LogP contribution >= 0.6 is 0 Å². The SMILES string of the molecule is Cc1ccc(NC(N)=NCC(=O)NCC2CC2)cc1C. The van der Waals surface area contributed by atoms with Crippen molar-refractivity contribution in [1.82, 2.24) is 5.32 Å². The van der Waals surface area contributed by atoms with E-state index < -0.39 is 0 Å². The highest BCUT2D eigenvalue weighted by Crippen LogP contribution is 2.27. The summed E-state index contributed by atoms with van der Waals surface area (Å²) in [5, 5.41) is 5.84. The number of anilines is 1. The molecule has 0 spiro atoms. The van der Waals surface area contributed by atoms with Gasteiger partial charge >= 0.3 is 0 Å². The number of benzene rings is 1. The summed E-state index contributed by atoms with van der Waals surface area (Å²) in [5.41, 5.74) is 9.06. The van der Waals surface area contributed by atoms with Crippen LogP contribution in [0.15, 0.2) is 23.2 Å². The van der Waals surface area contributed by atoms with Crippen molar-refractivity contribution in [2.75, 3.05) is 18.4 Å². The van der Waals surface area contributed by atoms with Crippen LogP contribution in [0.3, 0.4) is 0 Å². The number of nitrogens with two attached hydrogens (primary N) is 1. The molecule has 0 radical (unpaired) electrons. The maximum absolute atomic E-state index is 11.5. The van der Waals surface area contributed by atoms with Gasteiger partial charge in [0, 0.05) is 12.2 Å². The number of amides is 1. The molecule has 0 aromatic heterocycles. The highest BCUT2D eigenvalue weighted by atomic mass is 16.1. The molecule has 0 unspecified atom stereocenters. The number of rotatable bonds is 5. The van der Waals surface area contributed by atoms with E-state index in [2.05, 4.69) is 22.5 Å². The third-order valence-corrected chi connectivity index (χ3v) is 3.46. The predicted molar refractivity (Wildman–Crippen MR) is 81.8 cm³/mol. The van der Waals surface area contributed by atoms with E-state index in [9.17, 15) is 4.79 Å². The second-order valence-corrected chi connectivity index (χ2v) is 5.37. The van der Waals surface area contributed by atoms with Gasteiger partial charge < -0.3 is 16.4 Å². The predicted octanol–water partition coefficient (Wildman–Crippen LogP) is 1.56. The average molecular weight is 274 g/mol. The van der Waals surface area contributed by atoms with Crippen LogP contribution in [0.2, 0.25) is 0 Å². The van der Waals surface area contributed by atoms with Gasteiger partial charge in [-0.05, 0) is 55.9 Å².